The van der Waals surface area contributed by atoms with Crippen molar-refractivity contribution >= 4 is 5.69 Å². The molecule has 1 fully saturated rings. The SMILES string of the molecule is CCC(N)Cc1ccc(N2CC(C)C(C)C2)c(C)c1. The normalized spacial score (nSPS) is 24.8. The van der Waals surface area contributed by atoms with Gasteiger partial charge < -0.3 is 10.6 Å². The first kappa shape index (κ1) is 14.4. The van der Waals surface area contributed by atoms with E-state index in [2.05, 4.69) is 50.8 Å². The van der Waals surface area contributed by atoms with Crippen molar-refractivity contribution in [2.75, 3.05) is 18.0 Å². The van der Waals surface area contributed by atoms with E-state index in [1.165, 1.54) is 29.9 Å². The largest absolute Gasteiger partial charge is 0.371 e. The summed E-state index contributed by atoms with van der Waals surface area (Å²) in [5.74, 6) is 1.60. The maximum absolute atomic E-state index is 6.04. The number of hydrogen-bond donors (Lipinski definition) is 1. The van der Waals surface area contributed by atoms with Gasteiger partial charge in [0.15, 0.2) is 0 Å². The molecule has 2 heteroatoms. The van der Waals surface area contributed by atoms with Crippen LogP contribution in [0.25, 0.3) is 0 Å². The van der Waals surface area contributed by atoms with Crippen LogP contribution in [0.1, 0.15) is 38.3 Å². The van der Waals surface area contributed by atoms with Crippen molar-refractivity contribution < 1.29 is 0 Å². The molecular formula is C17H28N2. The zero-order valence-electron chi connectivity index (χ0n) is 12.8. The Balaban J connectivity index is 2.11. The minimum Gasteiger partial charge on any atom is -0.371 e. The van der Waals surface area contributed by atoms with Crippen LogP contribution < -0.4 is 10.6 Å². The summed E-state index contributed by atoms with van der Waals surface area (Å²) in [6.07, 6.45) is 2.03. The molecule has 1 saturated heterocycles. The average Bonchev–Trinajstić information content (AvgIpc) is 2.69. The first-order valence-corrected chi connectivity index (χ1v) is 7.61. The van der Waals surface area contributed by atoms with Gasteiger partial charge in [0.2, 0.25) is 0 Å². The van der Waals surface area contributed by atoms with Crippen LogP contribution in [0.15, 0.2) is 18.2 Å². The molecule has 1 aliphatic heterocycles. The average molecular weight is 260 g/mol. The molecule has 0 saturated carbocycles. The van der Waals surface area contributed by atoms with Gasteiger partial charge in [-0.05, 0) is 48.8 Å². The third-order valence-electron chi connectivity index (χ3n) is 4.61. The van der Waals surface area contributed by atoms with E-state index < -0.39 is 0 Å². The summed E-state index contributed by atoms with van der Waals surface area (Å²) in [5, 5.41) is 0. The maximum Gasteiger partial charge on any atom is 0.0396 e. The fraction of sp³-hybridized carbons (Fsp3) is 0.647. The number of aryl methyl sites for hydroxylation is 1. The van der Waals surface area contributed by atoms with Gasteiger partial charge in [-0.1, -0.05) is 32.9 Å². The molecule has 106 valence electrons. The van der Waals surface area contributed by atoms with E-state index in [4.69, 9.17) is 5.73 Å². The van der Waals surface area contributed by atoms with Gasteiger partial charge in [-0.25, -0.2) is 0 Å². The molecule has 2 N–H and O–H groups in total. The highest BCUT2D eigenvalue weighted by Gasteiger charge is 2.26. The minimum atomic E-state index is 0.289. The Labute approximate surface area is 118 Å². The van der Waals surface area contributed by atoms with Gasteiger partial charge >= 0.3 is 0 Å². The molecule has 1 aliphatic rings. The molecule has 3 unspecified atom stereocenters. The van der Waals surface area contributed by atoms with Gasteiger partial charge in [0.25, 0.3) is 0 Å². The smallest absolute Gasteiger partial charge is 0.0396 e. The molecule has 0 amide bonds. The summed E-state index contributed by atoms with van der Waals surface area (Å²) in [6.45, 7) is 11.5. The Morgan fingerprint density at radius 1 is 1.26 bits per heavy atom. The minimum absolute atomic E-state index is 0.289. The van der Waals surface area contributed by atoms with Gasteiger partial charge in [-0.2, -0.15) is 0 Å². The number of nitrogens with zero attached hydrogens (tertiary/aromatic N) is 1. The Morgan fingerprint density at radius 2 is 1.89 bits per heavy atom. The molecule has 3 atom stereocenters. The van der Waals surface area contributed by atoms with Gasteiger partial charge in [0.05, 0.1) is 0 Å². The molecule has 0 radical (unpaired) electrons. The highest BCUT2D eigenvalue weighted by Crippen LogP contribution is 2.30. The zero-order chi connectivity index (χ0) is 14.0. The Hall–Kier alpha value is -1.02. The fourth-order valence-electron chi connectivity index (χ4n) is 2.97. The first-order valence-electron chi connectivity index (χ1n) is 7.61. The zero-order valence-corrected chi connectivity index (χ0v) is 12.8. The van der Waals surface area contributed by atoms with Gasteiger partial charge in [-0.3, -0.25) is 0 Å². The lowest BCUT2D eigenvalue weighted by molar-refractivity contribution is 0.494. The molecule has 1 heterocycles. The second-order valence-corrected chi connectivity index (χ2v) is 6.35. The quantitative estimate of drug-likeness (QED) is 0.899. The number of rotatable bonds is 4. The second-order valence-electron chi connectivity index (χ2n) is 6.35. The number of nitrogens with two attached hydrogens (primary N) is 1. The summed E-state index contributed by atoms with van der Waals surface area (Å²) >= 11 is 0. The lowest BCUT2D eigenvalue weighted by Gasteiger charge is -2.22. The van der Waals surface area contributed by atoms with Gasteiger partial charge in [-0.15, -0.1) is 0 Å². The van der Waals surface area contributed by atoms with Crippen LogP contribution in [0.4, 0.5) is 5.69 Å². The van der Waals surface area contributed by atoms with E-state index in [9.17, 15) is 0 Å². The van der Waals surface area contributed by atoms with E-state index >= 15 is 0 Å². The molecule has 19 heavy (non-hydrogen) atoms. The molecule has 0 aromatic heterocycles. The molecule has 1 aromatic carbocycles. The van der Waals surface area contributed by atoms with Crippen molar-refractivity contribution in [2.24, 2.45) is 17.6 Å². The van der Waals surface area contributed by atoms with E-state index in [-0.39, 0.29) is 6.04 Å². The fourth-order valence-corrected chi connectivity index (χ4v) is 2.97. The van der Waals surface area contributed by atoms with Crippen LogP contribution in [0.3, 0.4) is 0 Å². The molecule has 0 bridgehead atoms. The van der Waals surface area contributed by atoms with Crippen LogP contribution in [0.5, 0.6) is 0 Å². The van der Waals surface area contributed by atoms with E-state index in [1.54, 1.807) is 0 Å². The van der Waals surface area contributed by atoms with Gasteiger partial charge in [0, 0.05) is 24.8 Å². The summed E-state index contributed by atoms with van der Waals surface area (Å²) < 4.78 is 0. The summed E-state index contributed by atoms with van der Waals surface area (Å²) in [4.78, 5) is 2.54. The third kappa shape index (κ3) is 3.30. The predicted molar refractivity (Wildman–Crippen MR) is 83.7 cm³/mol. The Morgan fingerprint density at radius 3 is 2.42 bits per heavy atom. The van der Waals surface area contributed by atoms with Crippen LogP contribution in [-0.4, -0.2) is 19.1 Å². The standard InChI is InChI=1S/C17H28N2/c1-5-16(18)9-15-6-7-17(12(2)8-15)19-10-13(3)14(4)11-19/h6-8,13-14,16H,5,9-11,18H2,1-4H3. The van der Waals surface area contributed by atoms with Crippen LogP contribution in [-0.2, 0) is 6.42 Å². The highest BCUT2D eigenvalue weighted by molar-refractivity contribution is 5.55. The third-order valence-corrected chi connectivity index (χ3v) is 4.61. The lowest BCUT2D eigenvalue weighted by atomic mass is 10.0. The first-order chi connectivity index (χ1) is 9.01. The number of hydrogen-bond acceptors (Lipinski definition) is 2. The van der Waals surface area contributed by atoms with Crippen molar-refractivity contribution in [1.29, 1.82) is 0 Å². The number of anilines is 1. The van der Waals surface area contributed by atoms with Crippen molar-refractivity contribution in [3.63, 3.8) is 0 Å². The Bertz CT molecular complexity index is 417. The maximum atomic E-state index is 6.04. The van der Waals surface area contributed by atoms with Crippen molar-refractivity contribution in [3.8, 4) is 0 Å². The van der Waals surface area contributed by atoms with E-state index in [1.807, 2.05) is 0 Å². The predicted octanol–water partition coefficient (Wildman–Crippen LogP) is 3.37. The molecule has 0 spiro atoms. The van der Waals surface area contributed by atoms with Gasteiger partial charge in [0.1, 0.15) is 0 Å². The molecule has 0 aliphatic carbocycles. The van der Waals surface area contributed by atoms with Crippen molar-refractivity contribution in [2.45, 2.75) is 46.6 Å². The molecule has 2 rings (SSSR count). The summed E-state index contributed by atoms with van der Waals surface area (Å²) in [7, 11) is 0. The molecule has 1 aromatic rings. The Kier molecular flexibility index (Phi) is 4.51. The summed E-state index contributed by atoms with van der Waals surface area (Å²) in [5.41, 5.74) is 10.2. The topological polar surface area (TPSA) is 29.3 Å². The molecular weight excluding hydrogens is 232 g/mol. The van der Waals surface area contributed by atoms with Crippen LogP contribution in [0.2, 0.25) is 0 Å². The summed E-state index contributed by atoms with van der Waals surface area (Å²) in [6, 6.07) is 7.15. The van der Waals surface area contributed by atoms with Crippen molar-refractivity contribution in [1.82, 2.24) is 0 Å². The van der Waals surface area contributed by atoms with Crippen LogP contribution >= 0.6 is 0 Å². The van der Waals surface area contributed by atoms with Crippen molar-refractivity contribution in [3.05, 3.63) is 29.3 Å². The monoisotopic (exact) mass is 260 g/mol. The van der Waals surface area contributed by atoms with E-state index in [0.717, 1.165) is 24.7 Å². The molecule has 2 nitrogen and oxygen atoms in total. The highest BCUT2D eigenvalue weighted by atomic mass is 15.2. The second kappa shape index (κ2) is 5.96. The lowest BCUT2D eigenvalue weighted by Crippen LogP contribution is -2.22. The van der Waals surface area contributed by atoms with Crippen LogP contribution in [0, 0.1) is 18.8 Å². The van der Waals surface area contributed by atoms with E-state index in [0.29, 0.717) is 0 Å². The number of benzene rings is 1.